The number of aromatic hydroxyl groups is 1. The van der Waals surface area contributed by atoms with E-state index < -0.39 is 29.1 Å². The molecule has 5 aromatic rings. The van der Waals surface area contributed by atoms with Crippen LogP contribution in [0.3, 0.4) is 0 Å². The third-order valence-electron chi connectivity index (χ3n) is 5.44. The maximum Gasteiger partial charge on any atom is 0.432 e. The van der Waals surface area contributed by atoms with Gasteiger partial charge in [-0.25, -0.2) is 4.98 Å². The second-order valence-electron chi connectivity index (χ2n) is 7.74. The Morgan fingerprint density at radius 1 is 1.09 bits per heavy atom. The van der Waals surface area contributed by atoms with Gasteiger partial charge in [-0.1, -0.05) is 23.7 Å². The zero-order valence-corrected chi connectivity index (χ0v) is 18.5. The molecule has 2 aromatic carbocycles. The largest absolute Gasteiger partial charge is 0.508 e. The molecule has 1 N–H and O–H groups in total. The van der Waals surface area contributed by atoms with E-state index in [-0.39, 0.29) is 29.0 Å². The summed E-state index contributed by atoms with van der Waals surface area (Å²) < 4.78 is 49.8. The Hall–Kier alpha value is -4.11. The maximum absolute atomic E-state index is 14.4. The third-order valence-corrected chi connectivity index (χ3v) is 5.69. The number of pyridine rings is 1. The predicted molar refractivity (Wildman–Crippen MR) is 122 cm³/mol. The number of halogens is 4. The monoisotopic (exact) mass is 497 g/mol. The molecule has 0 radical (unpaired) electrons. The van der Waals surface area contributed by atoms with Crippen molar-refractivity contribution in [1.29, 1.82) is 0 Å². The van der Waals surface area contributed by atoms with Crippen molar-refractivity contribution in [2.45, 2.75) is 12.7 Å². The highest BCUT2D eigenvalue weighted by Crippen LogP contribution is 2.41. The molecule has 0 aliphatic rings. The number of carbonyl (C=O) groups is 1. The van der Waals surface area contributed by atoms with Crippen molar-refractivity contribution in [3.05, 3.63) is 101 Å². The van der Waals surface area contributed by atoms with Gasteiger partial charge < -0.3 is 14.1 Å². The molecule has 0 saturated carbocycles. The second-order valence-corrected chi connectivity index (χ2v) is 8.17. The van der Waals surface area contributed by atoms with Crippen molar-refractivity contribution in [2.75, 3.05) is 0 Å². The molecule has 0 bridgehead atoms. The van der Waals surface area contributed by atoms with Crippen molar-refractivity contribution in [2.24, 2.45) is 0 Å². The van der Waals surface area contributed by atoms with Crippen LogP contribution in [0.2, 0.25) is 5.02 Å². The number of benzene rings is 2. The summed E-state index contributed by atoms with van der Waals surface area (Å²) >= 11 is 5.91. The molecular formula is C25H15ClF3N3O3. The van der Waals surface area contributed by atoms with Crippen LogP contribution in [0.25, 0.3) is 22.2 Å². The molecule has 0 aliphatic carbocycles. The van der Waals surface area contributed by atoms with Crippen LogP contribution in [0.4, 0.5) is 13.2 Å². The van der Waals surface area contributed by atoms with Crippen molar-refractivity contribution in [1.82, 2.24) is 14.5 Å². The van der Waals surface area contributed by atoms with Crippen LogP contribution >= 0.6 is 11.6 Å². The molecular weight excluding hydrogens is 483 g/mol. The summed E-state index contributed by atoms with van der Waals surface area (Å²) in [4.78, 5) is 21.3. The lowest BCUT2D eigenvalue weighted by Gasteiger charge is -2.14. The topological polar surface area (TPSA) is 81.2 Å². The van der Waals surface area contributed by atoms with Crippen LogP contribution in [0.1, 0.15) is 27.5 Å². The Morgan fingerprint density at radius 2 is 1.86 bits per heavy atom. The predicted octanol–water partition coefficient (Wildman–Crippen LogP) is 6.35. The normalized spacial score (nSPS) is 11.8. The first-order chi connectivity index (χ1) is 16.7. The van der Waals surface area contributed by atoms with E-state index in [1.807, 2.05) is 0 Å². The number of hydrogen-bond donors (Lipinski definition) is 1. The molecule has 10 heteroatoms. The van der Waals surface area contributed by atoms with Crippen LogP contribution < -0.4 is 0 Å². The standard InChI is InChI=1S/C25H15ClF3N3O3/c26-16-5-3-14(4-6-16)13-32-19-8-7-17(33)10-18(19)21(23(32)25(27,28)29)22(34)24-31-12-20(35-24)15-2-1-9-30-11-15/h1-12,33H,13H2. The van der Waals surface area contributed by atoms with E-state index in [9.17, 15) is 23.1 Å². The Bertz CT molecular complexity index is 1540. The fourth-order valence-electron chi connectivity index (χ4n) is 3.93. The van der Waals surface area contributed by atoms with Gasteiger partial charge in [-0.15, -0.1) is 0 Å². The van der Waals surface area contributed by atoms with Gasteiger partial charge >= 0.3 is 6.18 Å². The molecule has 176 valence electrons. The number of phenols is 1. The summed E-state index contributed by atoms with van der Waals surface area (Å²) in [6.45, 7) is -0.187. The zero-order chi connectivity index (χ0) is 24.7. The Morgan fingerprint density at radius 3 is 2.54 bits per heavy atom. The fraction of sp³-hybridized carbons (Fsp3) is 0.0800. The minimum atomic E-state index is -4.90. The summed E-state index contributed by atoms with van der Waals surface area (Å²) in [5.41, 5.74) is -0.652. The number of ketones is 1. The lowest BCUT2D eigenvalue weighted by Crippen LogP contribution is -2.18. The van der Waals surface area contributed by atoms with Gasteiger partial charge in [-0.3, -0.25) is 9.78 Å². The van der Waals surface area contributed by atoms with Gasteiger partial charge in [0.05, 0.1) is 11.8 Å². The summed E-state index contributed by atoms with van der Waals surface area (Å²) in [5, 5.41) is 10.4. The van der Waals surface area contributed by atoms with Crippen molar-refractivity contribution in [3.63, 3.8) is 0 Å². The highest BCUT2D eigenvalue weighted by atomic mass is 35.5. The van der Waals surface area contributed by atoms with Crippen LogP contribution in [-0.2, 0) is 12.7 Å². The molecule has 35 heavy (non-hydrogen) atoms. The highest BCUT2D eigenvalue weighted by molar-refractivity contribution is 6.30. The van der Waals surface area contributed by atoms with E-state index in [4.69, 9.17) is 16.0 Å². The van der Waals surface area contributed by atoms with E-state index in [2.05, 4.69) is 9.97 Å². The van der Waals surface area contributed by atoms with Gasteiger partial charge in [-0.2, -0.15) is 13.2 Å². The first-order valence-electron chi connectivity index (χ1n) is 10.3. The fourth-order valence-corrected chi connectivity index (χ4v) is 4.06. The Labute approximate surface area is 201 Å². The molecule has 5 rings (SSSR count). The summed E-state index contributed by atoms with van der Waals surface area (Å²) in [7, 11) is 0. The molecule has 3 aromatic heterocycles. The summed E-state index contributed by atoms with van der Waals surface area (Å²) in [6, 6.07) is 13.4. The number of oxazole rings is 1. The van der Waals surface area contributed by atoms with E-state index in [0.717, 1.165) is 10.6 Å². The summed E-state index contributed by atoms with van der Waals surface area (Å²) in [5.74, 6) is -1.67. The van der Waals surface area contributed by atoms with E-state index in [1.165, 1.54) is 24.5 Å². The molecule has 0 amide bonds. The molecule has 0 saturated heterocycles. The number of alkyl halides is 3. The van der Waals surface area contributed by atoms with E-state index in [0.29, 0.717) is 16.1 Å². The van der Waals surface area contributed by atoms with E-state index in [1.54, 1.807) is 42.6 Å². The average molecular weight is 498 g/mol. The van der Waals surface area contributed by atoms with Crippen molar-refractivity contribution < 1.29 is 27.5 Å². The van der Waals surface area contributed by atoms with Crippen LogP contribution in [0, 0.1) is 0 Å². The number of carbonyl (C=O) groups excluding carboxylic acids is 1. The molecule has 6 nitrogen and oxygen atoms in total. The minimum Gasteiger partial charge on any atom is -0.508 e. The molecule has 0 aliphatic heterocycles. The molecule has 0 atom stereocenters. The lowest BCUT2D eigenvalue weighted by atomic mass is 10.1. The summed E-state index contributed by atoms with van der Waals surface area (Å²) in [6.07, 6.45) is -0.623. The molecule has 0 fully saturated rings. The number of phenolic OH excluding ortho intramolecular Hbond substituents is 1. The Kier molecular flexibility index (Phi) is 5.56. The molecule has 0 unspecified atom stereocenters. The number of nitrogens with zero attached hydrogens (tertiary/aromatic N) is 3. The van der Waals surface area contributed by atoms with Gasteiger partial charge in [0, 0.05) is 40.4 Å². The van der Waals surface area contributed by atoms with Gasteiger partial charge in [0.1, 0.15) is 11.4 Å². The molecule has 0 spiro atoms. The van der Waals surface area contributed by atoms with E-state index >= 15 is 0 Å². The average Bonchev–Trinajstić information content (AvgIpc) is 3.44. The SMILES string of the molecule is O=C(c1ncc(-c2cccnc2)o1)c1c(C(F)(F)F)n(Cc2ccc(Cl)cc2)c2ccc(O)cc12. The Balaban J connectivity index is 1.70. The van der Waals surface area contributed by atoms with Crippen molar-refractivity contribution >= 4 is 28.3 Å². The number of aromatic nitrogens is 3. The number of rotatable bonds is 5. The van der Waals surface area contributed by atoms with Gasteiger partial charge in [0.15, 0.2) is 5.76 Å². The van der Waals surface area contributed by atoms with Crippen LogP contribution in [0.5, 0.6) is 5.75 Å². The first kappa shape index (κ1) is 22.7. The lowest BCUT2D eigenvalue weighted by molar-refractivity contribution is -0.143. The smallest absolute Gasteiger partial charge is 0.432 e. The zero-order valence-electron chi connectivity index (χ0n) is 17.8. The molecule has 3 heterocycles. The van der Waals surface area contributed by atoms with Crippen LogP contribution in [0.15, 0.2) is 77.6 Å². The van der Waals surface area contributed by atoms with Gasteiger partial charge in [0.25, 0.3) is 11.7 Å². The highest BCUT2D eigenvalue weighted by Gasteiger charge is 2.42. The number of fused-ring (bicyclic) bond motifs is 1. The minimum absolute atomic E-state index is 0.0718. The second kappa shape index (κ2) is 8.59. The third kappa shape index (κ3) is 4.26. The van der Waals surface area contributed by atoms with Crippen molar-refractivity contribution in [3.8, 4) is 17.1 Å². The van der Waals surface area contributed by atoms with Gasteiger partial charge in [0.2, 0.25) is 0 Å². The maximum atomic E-state index is 14.4. The number of hydrogen-bond acceptors (Lipinski definition) is 5. The van der Waals surface area contributed by atoms with Crippen LogP contribution in [-0.4, -0.2) is 25.4 Å². The quantitative estimate of drug-likeness (QED) is 0.286. The van der Waals surface area contributed by atoms with Gasteiger partial charge in [-0.05, 0) is 48.0 Å². The first-order valence-corrected chi connectivity index (χ1v) is 10.7.